The Morgan fingerprint density at radius 3 is 2.82 bits per heavy atom. The lowest BCUT2D eigenvalue weighted by Gasteiger charge is -1.95. The van der Waals surface area contributed by atoms with E-state index in [0.29, 0.717) is 15.7 Å². The highest BCUT2D eigenvalue weighted by Crippen LogP contribution is 2.20. The molecule has 2 aromatic heterocycles. The summed E-state index contributed by atoms with van der Waals surface area (Å²) in [6.07, 6.45) is 1.53. The number of thiazole rings is 2. The molecule has 0 spiro atoms. The predicted molar refractivity (Wildman–Crippen MR) is 64.0 cm³/mol. The van der Waals surface area contributed by atoms with Gasteiger partial charge in [-0.3, -0.25) is 4.79 Å². The molecule has 0 saturated heterocycles. The molecule has 7 heteroatoms. The van der Waals surface area contributed by atoms with E-state index in [2.05, 4.69) is 9.97 Å². The first-order valence-electron chi connectivity index (χ1n) is 4.70. The van der Waals surface area contributed by atoms with Crippen LogP contribution in [0, 0.1) is 6.92 Å². The Labute approximate surface area is 105 Å². The van der Waals surface area contributed by atoms with Gasteiger partial charge in [0.15, 0.2) is 10.8 Å². The summed E-state index contributed by atoms with van der Waals surface area (Å²) < 4.78 is 0. The zero-order chi connectivity index (χ0) is 12.4. The maximum atomic E-state index is 11.8. The van der Waals surface area contributed by atoms with Gasteiger partial charge in [0.05, 0.1) is 17.1 Å². The minimum atomic E-state index is -1.04. The van der Waals surface area contributed by atoms with Crippen LogP contribution < -0.4 is 0 Å². The van der Waals surface area contributed by atoms with E-state index in [9.17, 15) is 9.59 Å². The number of carbonyl (C=O) groups excluding carboxylic acids is 1. The summed E-state index contributed by atoms with van der Waals surface area (Å²) in [5, 5.41) is 11.7. The van der Waals surface area contributed by atoms with Gasteiger partial charge in [0, 0.05) is 11.6 Å². The van der Waals surface area contributed by atoms with E-state index in [-0.39, 0.29) is 17.1 Å². The van der Waals surface area contributed by atoms with Gasteiger partial charge in [-0.1, -0.05) is 0 Å². The average molecular weight is 268 g/mol. The first kappa shape index (κ1) is 11.9. The van der Waals surface area contributed by atoms with Gasteiger partial charge in [-0.2, -0.15) is 0 Å². The predicted octanol–water partition coefficient (Wildman–Crippen LogP) is 2.03. The molecular weight excluding hydrogens is 260 g/mol. The van der Waals surface area contributed by atoms with Crippen molar-refractivity contribution in [2.75, 3.05) is 0 Å². The molecule has 0 aliphatic rings. The number of carboxylic acids is 1. The average Bonchev–Trinajstić information content (AvgIpc) is 2.86. The molecule has 0 aliphatic carbocycles. The monoisotopic (exact) mass is 268 g/mol. The van der Waals surface area contributed by atoms with Crippen molar-refractivity contribution < 1.29 is 14.7 Å². The van der Waals surface area contributed by atoms with Gasteiger partial charge in [0.1, 0.15) is 4.88 Å². The van der Waals surface area contributed by atoms with Gasteiger partial charge in [-0.15, -0.1) is 22.7 Å². The molecule has 0 bridgehead atoms. The summed E-state index contributed by atoms with van der Waals surface area (Å²) in [5.41, 5.74) is 0.320. The van der Waals surface area contributed by atoms with Gasteiger partial charge in [0.2, 0.25) is 0 Å². The fourth-order valence-electron chi connectivity index (χ4n) is 1.35. The van der Waals surface area contributed by atoms with Crippen molar-refractivity contribution in [2.45, 2.75) is 13.3 Å². The van der Waals surface area contributed by atoms with Gasteiger partial charge < -0.3 is 5.11 Å². The summed E-state index contributed by atoms with van der Waals surface area (Å²) in [4.78, 5) is 30.8. The molecule has 17 heavy (non-hydrogen) atoms. The van der Waals surface area contributed by atoms with E-state index in [4.69, 9.17) is 5.11 Å². The Bertz CT molecular complexity index is 560. The number of Topliss-reactive ketones (excluding diaryl/α,β-unsaturated/α-hetero) is 1. The molecule has 5 nitrogen and oxygen atoms in total. The van der Waals surface area contributed by atoms with Gasteiger partial charge in [-0.05, 0) is 6.92 Å². The highest BCUT2D eigenvalue weighted by Gasteiger charge is 2.19. The van der Waals surface area contributed by atoms with Crippen LogP contribution in [-0.2, 0) is 6.42 Å². The first-order chi connectivity index (χ1) is 8.08. The van der Waals surface area contributed by atoms with Crippen LogP contribution in [-0.4, -0.2) is 26.8 Å². The van der Waals surface area contributed by atoms with Crippen LogP contribution >= 0.6 is 22.7 Å². The Kier molecular flexibility index (Phi) is 3.30. The molecule has 0 atom stereocenters. The van der Waals surface area contributed by atoms with E-state index in [1.807, 2.05) is 0 Å². The number of carboxylic acid groups (broad SMARTS) is 1. The summed E-state index contributed by atoms with van der Waals surface area (Å²) in [6.45, 7) is 1.72. The van der Waals surface area contributed by atoms with Gasteiger partial charge >= 0.3 is 5.97 Å². The number of aromatic carboxylic acids is 1. The summed E-state index contributed by atoms with van der Waals surface area (Å²) in [6, 6.07) is 0. The highest BCUT2D eigenvalue weighted by atomic mass is 32.1. The van der Waals surface area contributed by atoms with E-state index in [1.165, 1.54) is 11.3 Å². The molecule has 0 saturated carbocycles. The van der Waals surface area contributed by atoms with Crippen molar-refractivity contribution in [3.63, 3.8) is 0 Å². The normalized spacial score (nSPS) is 10.4. The van der Waals surface area contributed by atoms with Crippen LogP contribution in [0.15, 0.2) is 11.6 Å². The maximum absolute atomic E-state index is 11.8. The van der Waals surface area contributed by atoms with Crippen LogP contribution in [0.1, 0.15) is 30.2 Å². The lowest BCUT2D eigenvalue weighted by atomic mass is 10.2. The minimum absolute atomic E-state index is 0.0144. The molecule has 0 unspecified atom stereocenters. The van der Waals surface area contributed by atoms with Crippen molar-refractivity contribution in [1.29, 1.82) is 0 Å². The molecule has 2 heterocycles. The lowest BCUT2D eigenvalue weighted by Crippen LogP contribution is -2.07. The number of hydrogen-bond donors (Lipinski definition) is 1. The lowest BCUT2D eigenvalue weighted by molar-refractivity contribution is 0.0701. The van der Waals surface area contributed by atoms with Crippen molar-refractivity contribution in [3.8, 4) is 0 Å². The number of ketones is 1. The second kappa shape index (κ2) is 4.72. The maximum Gasteiger partial charge on any atom is 0.347 e. The fourth-order valence-corrected chi connectivity index (χ4v) is 2.70. The van der Waals surface area contributed by atoms with Crippen molar-refractivity contribution in [1.82, 2.24) is 9.97 Å². The Hall–Kier alpha value is -1.60. The zero-order valence-corrected chi connectivity index (χ0v) is 10.5. The largest absolute Gasteiger partial charge is 0.477 e. The van der Waals surface area contributed by atoms with E-state index in [1.54, 1.807) is 18.5 Å². The molecule has 2 aromatic rings. The molecule has 0 aromatic carbocycles. The SMILES string of the molecule is Cc1nc(CC(=O)c2nccs2)c(C(=O)O)s1. The van der Waals surface area contributed by atoms with E-state index < -0.39 is 5.97 Å². The van der Waals surface area contributed by atoms with Crippen LogP contribution in [0.2, 0.25) is 0 Å². The zero-order valence-electron chi connectivity index (χ0n) is 8.84. The number of hydrogen-bond acceptors (Lipinski definition) is 6. The third kappa shape index (κ3) is 2.56. The third-order valence-corrected chi connectivity index (χ3v) is 3.81. The molecule has 88 valence electrons. The smallest absolute Gasteiger partial charge is 0.347 e. The molecule has 0 fully saturated rings. The number of carbonyl (C=O) groups is 2. The Morgan fingerprint density at radius 1 is 1.47 bits per heavy atom. The van der Waals surface area contributed by atoms with E-state index in [0.717, 1.165) is 11.3 Å². The highest BCUT2D eigenvalue weighted by molar-refractivity contribution is 7.13. The van der Waals surface area contributed by atoms with Gasteiger partial charge in [0.25, 0.3) is 0 Å². The van der Waals surface area contributed by atoms with Gasteiger partial charge in [-0.25, -0.2) is 14.8 Å². The number of aryl methyl sites for hydroxylation is 1. The second-order valence-electron chi connectivity index (χ2n) is 3.25. The molecular formula is C10H8N2O3S2. The standard InChI is InChI=1S/C10H8N2O3S2/c1-5-12-6(8(17-5)10(14)15)4-7(13)9-11-2-3-16-9/h2-3H,4H2,1H3,(H,14,15). The van der Waals surface area contributed by atoms with Crippen molar-refractivity contribution >= 4 is 34.4 Å². The summed E-state index contributed by atoms with van der Waals surface area (Å²) in [7, 11) is 0. The number of nitrogens with zero attached hydrogens (tertiary/aromatic N) is 2. The fraction of sp³-hybridized carbons (Fsp3) is 0.200. The summed E-state index contributed by atoms with van der Waals surface area (Å²) in [5.74, 6) is -1.25. The van der Waals surface area contributed by atoms with Crippen LogP contribution in [0.3, 0.4) is 0 Å². The minimum Gasteiger partial charge on any atom is -0.477 e. The van der Waals surface area contributed by atoms with E-state index >= 15 is 0 Å². The number of aromatic nitrogens is 2. The van der Waals surface area contributed by atoms with Crippen LogP contribution in [0.5, 0.6) is 0 Å². The summed E-state index contributed by atoms with van der Waals surface area (Å²) >= 11 is 2.32. The Balaban J connectivity index is 2.24. The molecule has 0 aliphatic heterocycles. The second-order valence-corrected chi connectivity index (χ2v) is 5.35. The molecule has 0 radical (unpaired) electrons. The van der Waals surface area contributed by atoms with Crippen LogP contribution in [0.25, 0.3) is 0 Å². The number of rotatable bonds is 4. The van der Waals surface area contributed by atoms with Crippen LogP contribution in [0.4, 0.5) is 0 Å². The van der Waals surface area contributed by atoms with Crippen molar-refractivity contribution in [3.05, 3.63) is 32.2 Å². The molecule has 0 amide bonds. The third-order valence-electron chi connectivity index (χ3n) is 2.00. The quantitative estimate of drug-likeness (QED) is 0.858. The topological polar surface area (TPSA) is 80.2 Å². The molecule has 1 N–H and O–H groups in total. The van der Waals surface area contributed by atoms with Crippen molar-refractivity contribution in [2.24, 2.45) is 0 Å². The first-order valence-corrected chi connectivity index (χ1v) is 6.40. The Morgan fingerprint density at radius 2 is 2.24 bits per heavy atom. The molecule has 2 rings (SSSR count).